The highest BCUT2D eigenvalue weighted by molar-refractivity contribution is 6.33. The number of hydrogen-bond donors (Lipinski definition) is 1. The molecule has 1 aliphatic rings. The molecule has 0 radical (unpaired) electrons. The molecule has 7 heteroatoms. The Kier molecular flexibility index (Phi) is 7.38. The Hall–Kier alpha value is -3.51. The van der Waals surface area contributed by atoms with Crippen molar-refractivity contribution in [1.29, 1.82) is 0 Å². The van der Waals surface area contributed by atoms with Crippen molar-refractivity contribution < 1.29 is 14.3 Å². The van der Waals surface area contributed by atoms with E-state index in [9.17, 15) is 9.59 Å². The van der Waals surface area contributed by atoms with Crippen molar-refractivity contribution in [2.24, 2.45) is 0 Å². The summed E-state index contributed by atoms with van der Waals surface area (Å²) in [5.41, 5.74) is 4.38. The second kappa shape index (κ2) is 10.6. The Morgan fingerprint density at radius 2 is 1.59 bits per heavy atom. The van der Waals surface area contributed by atoms with Crippen LogP contribution in [0.1, 0.15) is 21.5 Å². The molecule has 0 unspecified atom stereocenters. The number of ether oxygens (including phenoxy) is 1. The zero-order valence-corrected chi connectivity index (χ0v) is 20.1. The third-order valence-corrected chi connectivity index (χ3v) is 6.03. The quantitative estimate of drug-likeness (QED) is 0.546. The molecule has 0 bridgehead atoms. The third kappa shape index (κ3) is 5.88. The van der Waals surface area contributed by atoms with E-state index < -0.39 is 0 Å². The standard InChI is InChI=1S/C27H28ClN3O3/c1-19-14-20(2)16-23(15-19)34-18-26(32)29-22-8-9-25(24(28)17-22)30-10-12-31(13-11-30)27(33)21-6-4-3-5-7-21/h3-9,14-17H,10-13,18H2,1-2H3,(H,29,32). The maximum absolute atomic E-state index is 12.7. The molecule has 0 spiro atoms. The van der Waals surface area contributed by atoms with Gasteiger partial charge < -0.3 is 19.9 Å². The van der Waals surface area contributed by atoms with Gasteiger partial charge in [0.25, 0.3) is 11.8 Å². The first kappa shape index (κ1) is 23.6. The predicted octanol–water partition coefficient (Wildman–Crippen LogP) is 4.94. The van der Waals surface area contributed by atoms with Gasteiger partial charge in [0.1, 0.15) is 5.75 Å². The van der Waals surface area contributed by atoms with Gasteiger partial charge in [0.15, 0.2) is 6.61 Å². The van der Waals surface area contributed by atoms with Crippen LogP contribution in [0.4, 0.5) is 11.4 Å². The van der Waals surface area contributed by atoms with Crippen molar-refractivity contribution in [3.8, 4) is 5.75 Å². The van der Waals surface area contributed by atoms with Crippen LogP contribution in [0.5, 0.6) is 5.75 Å². The van der Waals surface area contributed by atoms with Gasteiger partial charge in [-0.2, -0.15) is 0 Å². The van der Waals surface area contributed by atoms with Crippen LogP contribution < -0.4 is 15.0 Å². The van der Waals surface area contributed by atoms with E-state index in [4.69, 9.17) is 16.3 Å². The zero-order valence-electron chi connectivity index (χ0n) is 19.4. The Morgan fingerprint density at radius 1 is 0.912 bits per heavy atom. The number of rotatable bonds is 6. The molecule has 3 aromatic carbocycles. The van der Waals surface area contributed by atoms with Crippen molar-refractivity contribution >= 4 is 34.8 Å². The van der Waals surface area contributed by atoms with E-state index in [0.29, 0.717) is 48.2 Å². The van der Waals surface area contributed by atoms with Gasteiger partial charge in [-0.3, -0.25) is 9.59 Å². The first-order valence-electron chi connectivity index (χ1n) is 11.3. The molecule has 3 aromatic rings. The molecule has 34 heavy (non-hydrogen) atoms. The van der Waals surface area contributed by atoms with Crippen LogP contribution in [0.15, 0.2) is 66.7 Å². The van der Waals surface area contributed by atoms with Gasteiger partial charge in [-0.05, 0) is 67.4 Å². The molecule has 2 amide bonds. The van der Waals surface area contributed by atoms with E-state index in [2.05, 4.69) is 16.3 Å². The van der Waals surface area contributed by atoms with Gasteiger partial charge in [0.2, 0.25) is 0 Å². The van der Waals surface area contributed by atoms with Gasteiger partial charge in [-0.1, -0.05) is 35.9 Å². The lowest BCUT2D eigenvalue weighted by Crippen LogP contribution is -2.48. The summed E-state index contributed by atoms with van der Waals surface area (Å²) in [7, 11) is 0. The van der Waals surface area contributed by atoms with Crippen LogP contribution in [-0.2, 0) is 4.79 Å². The fourth-order valence-corrected chi connectivity index (χ4v) is 4.42. The Morgan fingerprint density at radius 3 is 2.24 bits per heavy atom. The lowest BCUT2D eigenvalue weighted by Gasteiger charge is -2.36. The molecule has 0 aromatic heterocycles. The summed E-state index contributed by atoms with van der Waals surface area (Å²) in [4.78, 5) is 29.0. The maximum atomic E-state index is 12.7. The summed E-state index contributed by atoms with van der Waals surface area (Å²) in [6.07, 6.45) is 0. The summed E-state index contributed by atoms with van der Waals surface area (Å²) in [6.45, 7) is 6.52. The van der Waals surface area contributed by atoms with Crippen molar-refractivity contribution in [3.05, 3.63) is 88.4 Å². The third-order valence-electron chi connectivity index (χ3n) is 5.72. The van der Waals surface area contributed by atoms with E-state index in [0.717, 1.165) is 16.8 Å². The molecule has 0 aliphatic carbocycles. The highest BCUT2D eigenvalue weighted by Gasteiger charge is 2.23. The number of benzene rings is 3. The molecule has 0 saturated carbocycles. The van der Waals surface area contributed by atoms with Crippen LogP contribution in [0.2, 0.25) is 5.02 Å². The van der Waals surface area contributed by atoms with E-state index in [1.54, 1.807) is 6.07 Å². The number of aryl methyl sites for hydroxylation is 2. The first-order chi connectivity index (χ1) is 16.4. The average Bonchev–Trinajstić information content (AvgIpc) is 2.83. The number of nitrogens with one attached hydrogen (secondary N) is 1. The van der Waals surface area contributed by atoms with E-state index in [1.807, 2.05) is 73.3 Å². The van der Waals surface area contributed by atoms with Gasteiger partial charge in [-0.25, -0.2) is 0 Å². The Bertz CT molecular complexity index is 1150. The summed E-state index contributed by atoms with van der Waals surface area (Å²) >= 11 is 6.54. The van der Waals surface area contributed by atoms with Crippen LogP contribution in [0.25, 0.3) is 0 Å². The maximum Gasteiger partial charge on any atom is 0.262 e. The second-order valence-corrected chi connectivity index (χ2v) is 8.88. The lowest BCUT2D eigenvalue weighted by atomic mass is 10.1. The summed E-state index contributed by atoms with van der Waals surface area (Å²) in [5, 5.41) is 3.38. The number of piperazine rings is 1. The highest BCUT2D eigenvalue weighted by atomic mass is 35.5. The van der Waals surface area contributed by atoms with Crippen molar-refractivity contribution in [2.75, 3.05) is 43.0 Å². The Balaban J connectivity index is 1.31. The molecule has 0 atom stereocenters. The van der Waals surface area contributed by atoms with Crippen molar-refractivity contribution in [1.82, 2.24) is 4.90 Å². The molecule has 1 saturated heterocycles. The predicted molar refractivity (Wildman–Crippen MR) is 136 cm³/mol. The molecule has 1 N–H and O–H groups in total. The molecule has 1 fully saturated rings. The van der Waals surface area contributed by atoms with Gasteiger partial charge in [-0.15, -0.1) is 0 Å². The number of nitrogens with zero attached hydrogens (tertiary/aromatic N) is 2. The monoisotopic (exact) mass is 477 g/mol. The lowest BCUT2D eigenvalue weighted by molar-refractivity contribution is -0.118. The summed E-state index contributed by atoms with van der Waals surface area (Å²) in [5.74, 6) is 0.467. The van der Waals surface area contributed by atoms with Gasteiger partial charge in [0, 0.05) is 37.4 Å². The van der Waals surface area contributed by atoms with Gasteiger partial charge in [0.05, 0.1) is 10.7 Å². The first-order valence-corrected chi connectivity index (χ1v) is 11.7. The molecule has 6 nitrogen and oxygen atoms in total. The molecular formula is C27H28ClN3O3. The number of halogens is 1. The minimum absolute atomic E-state index is 0.0486. The molecule has 4 rings (SSSR count). The van der Waals surface area contributed by atoms with Crippen LogP contribution >= 0.6 is 11.6 Å². The van der Waals surface area contributed by atoms with Crippen molar-refractivity contribution in [2.45, 2.75) is 13.8 Å². The summed E-state index contributed by atoms with van der Waals surface area (Å²) in [6, 6.07) is 20.7. The number of anilines is 2. The van der Waals surface area contributed by atoms with Crippen molar-refractivity contribution in [3.63, 3.8) is 0 Å². The van der Waals surface area contributed by atoms with E-state index >= 15 is 0 Å². The zero-order chi connectivity index (χ0) is 24.1. The van der Waals surface area contributed by atoms with Crippen LogP contribution in [-0.4, -0.2) is 49.5 Å². The number of carbonyl (C=O) groups excluding carboxylic acids is 2. The highest BCUT2D eigenvalue weighted by Crippen LogP contribution is 2.30. The molecule has 1 aliphatic heterocycles. The minimum Gasteiger partial charge on any atom is -0.484 e. The van der Waals surface area contributed by atoms with Gasteiger partial charge >= 0.3 is 0 Å². The minimum atomic E-state index is -0.254. The summed E-state index contributed by atoms with van der Waals surface area (Å²) < 4.78 is 5.63. The van der Waals surface area contributed by atoms with Crippen LogP contribution in [0.3, 0.4) is 0 Å². The normalized spacial score (nSPS) is 13.5. The number of amides is 2. The average molecular weight is 478 g/mol. The number of carbonyl (C=O) groups is 2. The molecule has 176 valence electrons. The SMILES string of the molecule is Cc1cc(C)cc(OCC(=O)Nc2ccc(N3CCN(C(=O)c4ccccc4)CC3)c(Cl)c2)c1. The van der Waals surface area contributed by atoms with E-state index in [-0.39, 0.29) is 18.4 Å². The fraction of sp³-hybridized carbons (Fsp3) is 0.259. The Labute approximate surface area is 205 Å². The largest absolute Gasteiger partial charge is 0.484 e. The number of hydrogen-bond acceptors (Lipinski definition) is 4. The fourth-order valence-electron chi connectivity index (χ4n) is 4.12. The topological polar surface area (TPSA) is 61.9 Å². The smallest absolute Gasteiger partial charge is 0.262 e. The molecule has 1 heterocycles. The second-order valence-electron chi connectivity index (χ2n) is 8.47. The molecular weight excluding hydrogens is 450 g/mol. The van der Waals surface area contributed by atoms with Crippen LogP contribution in [0, 0.1) is 13.8 Å². The van der Waals surface area contributed by atoms with E-state index in [1.165, 1.54) is 0 Å².